The molecule has 1 saturated heterocycles. The van der Waals surface area contributed by atoms with Crippen LogP contribution in [0.2, 0.25) is 0 Å². The summed E-state index contributed by atoms with van der Waals surface area (Å²) in [7, 11) is -9.61. The van der Waals surface area contributed by atoms with Crippen LogP contribution >= 0.6 is 15.6 Å². The Balaban J connectivity index is 0.000000826. The third kappa shape index (κ3) is 8.51. The molecule has 1 fully saturated rings. The quantitative estimate of drug-likeness (QED) is 0.105. The number of aryl methyl sites for hydroxylation is 1. The largest absolute Gasteiger partial charge is 1.00 e. The molecule has 2 unspecified atom stereocenters. The number of phosphoric ester groups is 1. The van der Waals surface area contributed by atoms with E-state index in [4.69, 9.17) is 15.4 Å². The Morgan fingerprint density at radius 2 is 2.00 bits per heavy atom. The number of H-pyrrole nitrogens is 1. The Morgan fingerprint density at radius 3 is 2.53 bits per heavy atom. The Kier molecular flexibility index (Phi) is 12.6. The molecule has 1 aliphatic rings. The SMILES string of the molecule is Cn1c[n+]([C@@H]2O[C@H](COP(=O)([O-])OP(=O)([O-])O)[C@@H](O)[C@H]2O)c2nc(N)[nH]c(=O)c21.[Na+].[Na+].c1c[n-]cn1. The summed E-state index contributed by atoms with van der Waals surface area (Å²) >= 11 is 0. The van der Waals surface area contributed by atoms with Crippen molar-refractivity contribution in [2.75, 3.05) is 12.3 Å². The number of aliphatic hydroxyl groups is 2. The minimum atomic E-state index is -5.63. The number of nitrogen functional groups attached to an aromatic ring is 1. The van der Waals surface area contributed by atoms with Crippen molar-refractivity contribution in [3.8, 4) is 0 Å². The Hall–Kier alpha value is -0.500. The molecule has 36 heavy (non-hydrogen) atoms. The number of imidazole rings is 2. The molecule has 0 amide bonds. The summed E-state index contributed by atoms with van der Waals surface area (Å²) in [5, 5.41) is 20.4. The molecule has 3 aromatic heterocycles. The van der Waals surface area contributed by atoms with Gasteiger partial charge in [-0.2, -0.15) is 0 Å². The zero-order chi connectivity index (χ0) is 25.3. The predicted molar refractivity (Wildman–Crippen MR) is 104 cm³/mol. The van der Waals surface area contributed by atoms with Crippen molar-refractivity contribution >= 4 is 32.8 Å². The van der Waals surface area contributed by atoms with Crippen molar-refractivity contribution < 1.29 is 111 Å². The number of ether oxygens (including phenoxy) is 1. The van der Waals surface area contributed by atoms with Crippen LogP contribution in [0.3, 0.4) is 0 Å². The minimum absolute atomic E-state index is 0. The van der Waals surface area contributed by atoms with E-state index in [9.17, 15) is 33.9 Å². The first kappa shape index (κ1) is 33.5. The van der Waals surface area contributed by atoms with Crippen LogP contribution in [0.4, 0.5) is 5.95 Å². The molecule has 0 saturated carbocycles. The summed E-state index contributed by atoms with van der Waals surface area (Å²) in [6.07, 6.45) is 0.0448. The number of fused-ring (bicyclic) bond motifs is 1. The van der Waals surface area contributed by atoms with Crippen molar-refractivity contribution in [3.63, 3.8) is 0 Å². The number of aromatic amines is 1. The summed E-state index contributed by atoms with van der Waals surface area (Å²) < 4.78 is 37.5. The predicted octanol–water partition coefficient (Wildman–Crippen LogP) is -10.2. The first-order chi connectivity index (χ1) is 15.8. The van der Waals surface area contributed by atoms with E-state index in [1.54, 1.807) is 12.4 Å². The molecular weight excluding hydrogens is 550 g/mol. The standard InChI is InChI=1S/C11H17N5O11P2.C3H3N2.2Na/c1-15-3-16(8-5(15)9(19)14-11(12)13-8)10-7(18)6(17)4(26-10)2-25-29(23,24)27-28(20,21)22;1-2-5-3-4-1;;/h3-4,6-7,10,17-18H,2H2,1H3,(H5-,12,13,14,19,20,21,22,23,24);1-3H;;/q;-1;2*+1/p-1/t4-,6-,7-,10-;;;/m1.../s1. The van der Waals surface area contributed by atoms with E-state index < -0.39 is 52.4 Å². The molecule has 0 bridgehead atoms. The Bertz CT molecular complexity index is 1270. The van der Waals surface area contributed by atoms with Gasteiger partial charge in [0.25, 0.3) is 27.2 Å². The van der Waals surface area contributed by atoms with Gasteiger partial charge in [0.1, 0.15) is 18.3 Å². The van der Waals surface area contributed by atoms with Crippen molar-refractivity contribution in [2.24, 2.45) is 7.05 Å². The van der Waals surface area contributed by atoms with Crippen LogP contribution in [0.25, 0.3) is 11.2 Å². The van der Waals surface area contributed by atoms with Crippen molar-refractivity contribution in [1.29, 1.82) is 0 Å². The Labute approximate surface area is 246 Å². The molecule has 4 heterocycles. The number of rotatable bonds is 6. The van der Waals surface area contributed by atoms with Gasteiger partial charge in [0.05, 0.1) is 13.7 Å². The average Bonchev–Trinajstić information content (AvgIpc) is 3.42. The number of aromatic nitrogens is 6. The smallest absolute Gasteiger partial charge is 0.756 e. The number of aliphatic hydroxyl groups excluding tert-OH is 2. The van der Waals surface area contributed by atoms with Crippen LogP contribution in [0.15, 0.2) is 29.8 Å². The van der Waals surface area contributed by atoms with Gasteiger partial charge in [0.2, 0.25) is 11.7 Å². The van der Waals surface area contributed by atoms with Gasteiger partial charge in [-0.15, -0.1) is 0 Å². The third-order valence-corrected chi connectivity index (χ3v) is 6.46. The second-order valence-corrected chi connectivity index (χ2v) is 9.55. The number of nitrogens with one attached hydrogen (secondary N) is 1. The maximum absolute atomic E-state index is 12.1. The summed E-state index contributed by atoms with van der Waals surface area (Å²) in [6.45, 7) is -0.947. The molecule has 6 N–H and O–H groups in total. The van der Waals surface area contributed by atoms with Crippen LogP contribution < -0.4 is 89.7 Å². The number of phosphoric acid groups is 2. The fraction of sp³-hybridized carbons (Fsp3) is 0.429. The van der Waals surface area contributed by atoms with Gasteiger partial charge in [-0.05, 0) is 0 Å². The van der Waals surface area contributed by atoms with E-state index in [1.807, 2.05) is 0 Å². The first-order valence-corrected chi connectivity index (χ1v) is 12.1. The van der Waals surface area contributed by atoms with Gasteiger partial charge in [0.15, 0.2) is 6.33 Å². The number of nitrogens with two attached hydrogens (primary N) is 1. The van der Waals surface area contributed by atoms with Gasteiger partial charge >= 0.3 is 64.8 Å². The molecule has 6 atom stereocenters. The zero-order valence-electron chi connectivity index (χ0n) is 19.1. The monoisotopic (exact) mass is 569 g/mol. The minimum Gasteiger partial charge on any atom is -0.756 e. The molecule has 0 aromatic carbocycles. The molecule has 0 aliphatic carbocycles. The van der Waals surface area contributed by atoms with Crippen molar-refractivity contribution in [1.82, 2.24) is 24.5 Å². The Morgan fingerprint density at radius 1 is 1.33 bits per heavy atom. The van der Waals surface area contributed by atoms with Crippen molar-refractivity contribution in [3.05, 3.63) is 35.4 Å². The van der Waals surface area contributed by atoms with E-state index in [1.165, 1.54) is 28.8 Å². The van der Waals surface area contributed by atoms with E-state index in [-0.39, 0.29) is 76.2 Å². The van der Waals surface area contributed by atoms with E-state index in [0.29, 0.717) is 0 Å². The van der Waals surface area contributed by atoms with Crippen LogP contribution in [0, 0.1) is 0 Å². The molecule has 0 spiro atoms. The fourth-order valence-corrected chi connectivity index (χ4v) is 4.59. The summed E-state index contributed by atoms with van der Waals surface area (Å²) in [5.41, 5.74) is 5.04. The average molecular weight is 569 g/mol. The van der Waals surface area contributed by atoms with Gasteiger partial charge in [-0.25, -0.2) is 8.88 Å². The van der Waals surface area contributed by atoms with Gasteiger partial charge in [-0.3, -0.25) is 23.5 Å². The molecule has 3 aromatic rings. The number of anilines is 1. The molecule has 0 radical (unpaired) electrons. The molecule has 4 rings (SSSR count). The van der Waals surface area contributed by atoms with Crippen molar-refractivity contribution in [2.45, 2.75) is 24.5 Å². The van der Waals surface area contributed by atoms with Crippen LogP contribution in [0.5, 0.6) is 0 Å². The fourth-order valence-electron chi connectivity index (χ4n) is 3.06. The summed E-state index contributed by atoms with van der Waals surface area (Å²) in [5.74, 6) is -0.217. The maximum Gasteiger partial charge on any atom is 1.00 e. The van der Waals surface area contributed by atoms with Gasteiger partial charge in [-0.1, -0.05) is 23.7 Å². The van der Waals surface area contributed by atoms with E-state index >= 15 is 0 Å². The summed E-state index contributed by atoms with van der Waals surface area (Å²) in [6, 6.07) is 0. The van der Waals surface area contributed by atoms with E-state index in [2.05, 4.69) is 28.8 Å². The van der Waals surface area contributed by atoms with Crippen LogP contribution in [0.1, 0.15) is 6.23 Å². The second kappa shape index (κ2) is 13.5. The van der Waals surface area contributed by atoms with E-state index in [0.717, 1.165) is 0 Å². The van der Waals surface area contributed by atoms with Gasteiger partial charge < -0.3 is 49.9 Å². The zero-order valence-corrected chi connectivity index (χ0v) is 24.9. The normalized spacial score (nSPS) is 24.5. The maximum atomic E-state index is 12.1. The molecule has 188 valence electrons. The number of hydrogen-bond donors (Lipinski definition) is 5. The molecular formula is C14H19N7Na2O11P2. The van der Waals surface area contributed by atoms with Crippen LogP contribution in [-0.4, -0.2) is 59.5 Å². The third-order valence-electron chi connectivity index (χ3n) is 4.37. The first-order valence-electron chi connectivity index (χ1n) is 9.14. The molecule has 22 heteroatoms. The topological polar surface area (TPSA) is 276 Å². The molecule has 18 nitrogen and oxygen atoms in total. The van der Waals surface area contributed by atoms with Crippen LogP contribution in [-0.2, 0) is 29.7 Å². The summed E-state index contributed by atoms with van der Waals surface area (Å²) in [4.78, 5) is 55.9. The van der Waals surface area contributed by atoms with Gasteiger partial charge in [0, 0.05) is 0 Å². The number of hydrogen-bond acceptors (Lipinski definition) is 13. The molecule has 1 aliphatic heterocycles. The number of nitrogens with zero attached hydrogens (tertiary/aromatic N) is 5. The second-order valence-electron chi connectivity index (χ2n) is 6.81.